The van der Waals surface area contributed by atoms with Crippen molar-refractivity contribution in [3.05, 3.63) is 81.8 Å². The van der Waals surface area contributed by atoms with E-state index in [0.717, 1.165) is 0 Å². The molecule has 0 aliphatic heterocycles. The Morgan fingerprint density at radius 1 is 0.808 bits per heavy atom. The third-order valence-corrected chi connectivity index (χ3v) is 19.3. The van der Waals surface area contributed by atoms with Crippen molar-refractivity contribution in [1.82, 2.24) is 0 Å². The molecule has 1 fully saturated rings. The second-order valence-electron chi connectivity index (χ2n) is 9.23. The van der Waals surface area contributed by atoms with E-state index in [9.17, 15) is 0 Å². The molecule has 0 heterocycles. The summed E-state index contributed by atoms with van der Waals surface area (Å²) in [6.45, 7) is 0. The molecule has 1 saturated carbocycles. The molecule has 0 nitrogen and oxygen atoms in total. The summed E-state index contributed by atoms with van der Waals surface area (Å²) in [6, 6.07) is 18.5. The van der Waals surface area contributed by atoms with Gasteiger partial charge in [-0.25, -0.2) is 0 Å². The van der Waals surface area contributed by atoms with E-state index in [0.29, 0.717) is 4.22 Å². The maximum absolute atomic E-state index is 3.13. The minimum atomic E-state index is -3.13. The molecule has 0 bridgehead atoms. The van der Waals surface area contributed by atoms with Gasteiger partial charge >= 0.3 is 158 Å². The number of hydrogen-bond acceptors (Lipinski definition) is 0. The van der Waals surface area contributed by atoms with Gasteiger partial charge in [-0.2, -0.15) is 0 Å². The van der Waals surface area contributed by atoms with Gasteiger partial charge in [-0.15, -0.1) is 0 Å². The first-order chi connectivity index (χ1) is 12.6. The van der Waals surface area contributed by atoms with Crippen LogP contribution in [0.3, 0.4) is 0 Å². The summed E-state index contributed by atoms with van der Waals surface area (Å²) in [5, 5.41) is 5.50. The van der Waals surface area contributed by atoms with Gasteiger partial charge in [-0.3, -0.25) is 0 Å². The Kier molecular flexibility index (Phi) is 3.68. The van der Waals surface area contributed by atoms with Crippen molar-refractivity contribution in [1.29, 1.82) is 0 Å². The zero-order valence-electron chi connectivity index (χ0n) is 16.0. The van der Waals surface area contributed by atoms with E-state index >= 15 is 0 Å². The molecule has 1 heteroatoms. The third-order valence-electron chi connectivity index (χ3n) is 7.75. The van der Waals surface area contributed by atoms with Gasteiger partial charge < -0.3 is 0 Å². The first-order valence-electron chi connectivity index (χ1n) is 10.2. The second-order valence-corrected chi connectivity index (χ2v) is 20.0. The molecular weight excluding hydrogens is 348 g/mol. The average molecular weight is 376 g/mol. The molecule has 3 aliphatic carbocycles. The number of benzene rings is 2. The second kappa shape index (κ2) is 5.75. The molecule has 0 amide bonds. The summed E-state index contributed by atoms with van der Waals surface area (Å²) < 4.78 is 4.34. The van der Waals surface area contributed by atoms with Crippen LogP contribution in [0, 0.1) is 0 Å². The summed E-state index contributed by atoms with van der Waals surface area (Å²) >= 11 is -3.13. The molecule has 0 aromatic heterocycles. The third kappa shape index (κ3) is 2.09. The predicted molar refractivity (Wildman–Crippen MR) is 111 cm³/mol. The summed E-state index contributed by atoms with van der Waals surface area (Å²) in [6.07, 6.45) is 13.9. The fourth-order valence-corrected chi connectivity index (χ4v) is 17.0. The molecule has 0 spiro atoms. The molecule has 5 rings (SSSR count). The molecule has 2 aromatic carbocycles. The van der Waals surface area contributed by atoms with Gasteiger partial charge in [0, 0.05) is 0 Å². The number of allylic oxidation sites excluding steroid dienone is 4. The summed E-state index contributed by atoms with van der Waals surface area (Å²) in [7, 11) is 0. The quantitative estimate of drug-likeness (QED) is 0.489. The number of fused-ring (bicyclic) bond motifs is 3. The Morgan fingerprint density at radius 3 is 1.92 bits per heavy atom. The molecule has 0 radical (unpaired) electrons. The van der Waals surface area contributed by atoms with Crippen LogP contribution in [0.15, 0.2) is 70.6 Å². The van der Waals surface area contributed by atoms with Crippen molar-refractivity contribution in [2.45, 2.75) is 46.8 Å². The monoisotopic (exact) mass is 376 g/mol. The normalized spacial score (nSPS) is 19.7. The SMILES string of the molecule is [CH3][Ti]([CH3])([C]1=CC=CC1)(=[C]1CCCC1)[CH]1c2ccccc2-c2ccccc21. The van der Waals surface area contributed by atoms with Gasteiger partial charge in [0.25, 0.3) is 0 Å². The van der Waals surface area contributed by atoms with Crippen LogP contribution in [0.4, 0.5) is 0 Å². The molecule has 3 aliphatic rings. The van der Waals surface area contributed by atoms with Gasteiger partial charge in [-0.1, -0.05) is 0 Å². The maximum atomic E-state index is 2.75. The van der Waals surface area contributed by atoms with Gasteiger partial charge in [-0.05, 0) is 0 Å². The molecule has 0 N–H and O–H groups in total. The zero-order chi connectivity index (χ0) is 17.8. The van der Waals surface area contributed by atoms with E-state index < -0.39 is 14.8 Å². The standard InChI is InChI=1S/C13H9.C5H8.C5H5.2CH3.Ti/c1-3-7-12-10(5-1)9-11-6-2-4-8-13(11)12;2*1-2-4-5-3-1;;;/h1-9H;1-4H2;1-3H,4H2;2*1H3;. The Morgan fingerprint density at radius 2 is 1.38 bits per heavy atom. The average Bonchev–Trinajstić information content (AvgIpc) is 3.41. The van der Waals surface area contributed by atoms with Gasteiger partial charge in [0.1, 0.15) is 0 Å². The Labute approximate surface area is 158 Å². The van der Waals surface area contributed by atoms with Crippen LogP contribution in [-0.2, 0) is 14.8 Å². The molecule has 0 atom stereocenters. The fourth-order valence-electron chi connectivity index (χ4n) is 6.29. The summed E-state index contributed by atoms with van der Waals surface area (Å²) in [5.41, 5.74) is 6.17. The zero-order valence-corrected chi connectivity index (χ0v) is 17.5. The van der Waals surface area contributed by atoms with Crippen LogP contribution >= 0.6 is 0 Å². The minimum absolute atomic E-state index is 0.596. The molecule has 132 valence electrons. The first kappa shape index (κ1) is 16.7. The van der Waals surface area contributed by atoms with Crippen molar-refractivity contribution in [3.63, 3.8) is 0 Å². The number of hydrogen-bond donors (Lipinski definition) is 0. The Hall–Kier alpha value is -1.50. The Balaban J connectivity index is 1.89. The van der Waals surface area contributed by atoms with Crippen molar-refractivity contribution in [3.8, 4) is 11.1 Å². The molecule has 0 saturated heterocycles. The molecule has 26 heavy (non-hydrogen) atoms. The molecule has 2 aromatic rings. The van der Waals surface area contributed by atoms with Crippen LogP contribution in [-0.4, -0.2) is 3.81 Å². The van der Waals surface area contributed by atoms with E-state index in [2.05, 4.69) is 77.2 Å². The van der Waals surface area contributed by atoms with Crippen molar-refractivity contribution >= 4 is 3.81 Å². The Bertz CT molecular complexity index is 972. The van der Waals surface area contributed by atoms with Crippen molar-refractivity contribution in [2.24, 2.45) is 0 Å². The van der Waals surface area contributed by atoms with E-state index in [1.54, 1.807) is 15.0 Å². The van der Waals surface area contributed by atoms with E-state index in [-0.39, 0.29) is 0 Å². The van der Waals surface area contributed by atoms with Gasteiger partial charge in [0.2, 0.25) is 0 Å². The fraction of sp³-hybridized carbons (Fsp3) is 0.320. The van der Waals surface area contributed by atoms with E-state index in [1.807, 2.05) is 3.81 Å². The molecular formula is C25H28Ti. The summed E-state index contributed by atoms with van der Waals surface area (Å²) in [4.78, 5) is 0. The van der Waals surface area contributed by atoms with Gasteiger partial charge in [0.15, 0.2) is 0 Å². The van der Waals surface area contributed by atoms with Crippen LogP contribution in [0.25, 0.3) is 11.1 Å². The van der Waals surface area contributed by atoms with Crippen LogP contribution in [0.5, 0.6) is 0 Å². The van der Waals surface area contributed by atoms with E-state index in [1.165, 1.54) is 43.2 Å². The van der Waals surface area contributed by atoms with Crippen LogP contribution < -0.4 is 0 Å². The van der Waals surface area contributed by atoms with E-state index in [4.69, 9.17) is 0 Å². The summed E-state index contributed by atoms with van der Waals surface area (Å²) in [5.74, 6) is 0. The van der Waals surface area contributed by atoms with Crippen LogP contribution in [0.1, 0.15) is 47.5 Å². The topological polar surface area (TPSA) is 0 Å². The molecule has 0 unspecified atom stereocenters. The van der Waals surface area contributed by atoms with Crippen LogP contribution in [0.2, 0.25) is 10.5 Å². The number of rotatable bonds is 2. The first-order valence-corrected chi connectivity index (χ1v) is 15.8. The predicted octanol–water partition coefficient (Wildman–Crippen LogP) is 7.13. The van der Waals surface area contributed by atoms with Crippen molar-refractivity contribution in [2.75, 3.05) is 0 Å². The van der Waals surface area contributed by atoms with Gasteiger partial charge in [0.05, 0.1) is 0 Å². The van der Waals surface area contributed by atoms with Crippen molar-refractivity contribution < 1.29 is 14.8 Å².